The van der Waals surface area contributed by atoms with Gasteiger partial charge in [-0.1, -0.05) is 18.2 Å². The molecule has 3 rings (SSSR count). The highest BCUT2D eigenvalue weighted by atomic mass is 32.1. The maximum atomic E-state index is 12.4. The van der Waals surface area contributed by atoms with Crippen molar-refractivity contribution in [1.29, 1.82) is 0 Å². The highest BCUT2D eigenvalue weighted by molar-refractivity contribution is 7.13. The molecule has 8 heteroatoms. The average molecular weight is 345 g/mol. The molecular weight excluding hydrogens is 330 g/mol. The van der Waals surface area contributed by atoms with Crippen molar-refractivity contribution in [3.63, 3.8) is 0 Å². The fourth-order valence-electron chi connectivity index (χ4n) is 2.02. The summed E-state index contributed by atoms with van der Waals surface area (Å²) in [6, 6.07) is 10.9. The van der Waals surface area contributed by atoms with Gasteiger partial charge in [0.1, 0.15) is 0 Å². The van der Waals surface area contributed by atoms with Crippen LogP contribution in [0.15, 0.2) is 46.4 Å². The monoisotopic (exact) mass is 345 g/mol. The van der Waals surface area contributed by atoms with E-state index in [0.717, 1.165) is 4.88 Å². The number of amides is 1. The van der Waals surface area contributed by atoms with Crippen molar-refractivity contribution >= 4 is 23.1 Å². The van der Waals surface area contributed by atoms with E-state index in [1.807, 2.05) is 23.6 Å². The Morgan fingerprint density at radius 1 is 1.21 bits per heavy atom. The Bertz CT molecular complexity index is 816. The number of carbonyl (C=O) groups is 1. The number of thiophene rings is 1. The molecule has 1 aromatic carbocycles. The minimum atomic E-state index is -0.755. The SMILES string of the molecule is COc1ccccc1OC(C)C(=O)Nc1nonc1-c1cccs1. The van der Waals surface area contributed by atoms with Crippen LogP contribution < -0.4 is 14.8 Å². The number of methoxy groups -OCH3 is 1. The molecule has 2 aromatic heterocycles. The lowest BCUT2D eigenvalue weighted by molar-refractivity contribution is -0.122. The highest BCUT2D eigenvalue weighted by Crippen LogP contribution is 2.29. The maximum Gasteiger partial charge on any atom is 0.266 e. The molecule has 1 unspecified atom stereocenters. The Morgan fingerprint density at radius 3 is 2.71 bits per heavy atom. The molecule has 0 aliphatic heterocycles. The summed E-state index contributed by atoms with van der Waals surface area (Å²) in [5.74, 6) is 0.936. The van der Waals surface area contributed by atoms with Crippen LogP contribution in [-0.4, -0.2) is 29.4 Å². The second-order valence-corrected chi connectivity index (χ2v) is 5.79. The van der Waals surface area contributed by atoms with Gasteiger partial charge in [-0.05, 0) is 40.8 Å². The van der Waals surface area contributed by atoms with Gasteiger partial charge in [-0.2, -0.15) is 0 Å². The van der Waals surface area contributed by atoms with Crippen LogP contribution in [-0.2, 0) is 4.79 Å². The number of nitrogens with zero attached hydrogens (tertiary/aromatic N) is 2. The first-order valence-electron chi connectivity index (χ1n) is 7.16. The lowest BCUT2D eigenvalue weighted by Crippen LogP contribution is -2.30. The zero-order valence-electron chi connectivity index (χ0n) is 13.1. The van der Waals surface area contributed by atoms with Crippen molar-refractivity contribution in [3.8, 4) is 22.1 Å². The van der Waals surface area contributed by atoms with E-state index in [9.17, 15) is 4.79 Å². The number of rotatable bonds is 6. The molecule has 1 atom stereocenters. The number of carbonyl (C=O) groups excluding carboxylic acids is 1. The van der Waals surface area contributed by atoms with Crippen LogP contribution in [0.4, 0.5) is 5.82 Å². The summed E-state index contributed by atoms with van der Waals surface area (Å²) >= 11 is 1.48. The molecular formula is C16H15N3O4S. The minimum absolute atomic E-state index is 0.262. The van der Waals surface area contributed by atoms with Gasteiger partial charge in [0, 0.05) is 0 Å². The first-order chi connectivity index (χ1) is 11.7. The van der Waals surface area contributed by atoms with Gasteiger partial charge in [0.05, 0.1) is 12.0 Å². The zero-order chi connectivity index (χ0) is 16.9. The first kappa shape index (κ1) is 16.0. The van der Waals surface area contributed by atoms with Crippen molar-refractivity contribution < 1.29 is 18.9 Å². The Morgan fingerprint density at radius 2 is 2.00 bits per heavy atom. The Balaban J connectivity index is 1.70. The Hall–Kier alpha value is -2.87. The van der Waals surface area contributed by atoms with Gasteiger partial charge in [0.2, 0.25) is 5.82 Å². The van der Waals surface area contributed by atoms with E-state index in [1.54, 1.807) is 32.2 Å². The third-order valence-corrected chi connectivity index (χ3v) is 4.10. The van der Waals surface area contributed by atoms with Crippen LogP contribution in [0.1, 0.15) is 6.92 Å². The molecule has 3 aromatic rings. The Labute approximate surface area is 142 Å². The quantitative estimate of drug-likeness (QED) is 0.738. The fourth-order valence-corrected chi connectivity index (χ4v) is 2.73. The molecule has 124 valence electrons. The summed E-state index contributed by atoms with van der Waals surface area (Å²) in [5, 5.41) is 12.2. The second kappa shape index (κ2) is 7.14. The molecule has 0 radical (unpaired) electrons. The van der Waals surface area contributed by atoms with E-state index < -0.39 is 6.10 Å². The molecule has 2 heterocycles. The largest absolute Gasteiger partial charge is 0.493 e. The number of anilines is 1. The van der Waals surface area contributed by atoms with Crippen molar-refractivity contribution in [2.24, 2.45) is 0 Å². The normalized spacial score (nSPS) is 11.8. The lowest BCUT2D eigenvalue weighted by atomic mass is 10.3. The van der Waals surface area contributed by atoms with Crippen LogP contribution >= 0.6 is 11.3 Å². The second-order valence-electron chi connectivity index (χ2n) is 4.84. The molecule has 1 amide bonds. The van der Waals surface area contributed by atoms with E-state index in [0.29, 0.717) is 17.2 Å². The Kier molecular flexibility index (Phi) is 4.76. The summed E-state index contributed by atoms with van der Waals surface area (Å²) < 4.78 is 15.6. The van der Waals surface area contributed by atoms with Crippen LogP contribution in [0.3, 0.4) is 0 Å². The van der Waals surface area contributed by atoms with E-state index in [1.165, 1.54) is 11.3 Å². The summed E-state index contributed by atoms with van der Waals surface area (Å²) in [6.07, 6.45) is -0.755. The average Bonchev–Trinajstić information content (AvgIpc) is 3.26. The number of ether oxygens (including phenoxy) is 2. The maximum absolute atomic E-state index is 12.4. The fraction of sp³-hybridized carbons (Fsp3) is 0.188. The number of benzene rings is 1. The van der Waals surface area contributed by atoms with Crippen molar-refractivity contribution in [2.45, 2.75) is 13.0 Å². The predicted molar refractivity (Wildman–Crippen MR) is 89.3 cm³/mol. The third-order valence-electron chi connectivity index (χ3n) is 3.23. The van der Waals surface area contributed by atoms with Crippen molar-refractivity contribution in [3.05, 3.63) is 41.8 Å². The molecule has 0 fully saturated rings. The number of nitrogens with one attached hydrogen (secondary N) is 1. The summed E-state index contributed by atoms with van der Waals surface area (Å²) in [6.45, 7) is 1.64. The molecule has 1 N–H and O–H groups in total. The molecule has 24 heavy (non-hydrogen) atoms. The molecule has 0 bridgehead atoms. The minimum Gasteiger partial charge on any atom is -0.493 e. The van der Waals surface area contributed by atoms with Gasteiger partial charge in [-0.15, -0.1) is 11.3 Å². The molecule has 0 aliphatic carbocycles. The highest BCUT2D eigenvalue weighted by Gasteiger charge is 2.21. The van der Waals surface area contributed by atoms with E-state index >= 15 is 0 Å². The van der Waals surface area contributed by atoms with Gasteiger partial charge >= 0.3 is 0 Å². The van der Waals surface area contributed by atoms with Crippen LogP contribution in [0.25, 0.3) is 10.6 Å². The van der Waals surface area contributed by atoms with Gasteiger partial charge in [-0.25, -0.2) is 4.63 Å². The third kappa shape index (κ3) is 3.38. The van der Waals surface area contributed by atoms with Gasteiger partial charge in [0.15, 0.2) is 23.3 Å². The van der Waals surface area contributed by atoms with Crippen LogP contribution in [0.5, 0.6) is 11.5 Å². The van der Waals surface area contributed by atoms with E-state index in [4.69, 9.17) is 14.1 Å². The summed E-state index contributed by atoms with van der Waals surface area (Å²) in [5.41, 5.74) is 0.489. The van der Waals surface area contributed by atoms with Gasteiger partial charge < -0.3 is 14.8 Å². The molecule has 0 spiro atoms. The van der Waals surface area contributed by atoms with E-state index in [-0.39, 0.29) is 11.7 Å². The topological polar surface area (TPSA) is 86.5 Å². The van der Waals surface area contributed by atoms with E-state index in [2.05, 4.69) is 15.6 Å². The number of aromatic nitrogens is 2. The molecule has 7 nitrogen and oxygen atoms in total. The van der Waals surface area contributed by atoms with Gasteiger partial charge in [-0.3, -0.25) is 4.79 Å². The smallest absolute Gasteiger partial charge is 0.266 e. The number of hydrogen-bond donors (Lipinski definition) is 1. The van der Waals surface area contributed by atoms with Gasteiger partial charge in [0.25, 0.3) is 5.91 Å². The molecule has 0 saturated heterocycles. The van der Waals surface area contributed by atoms with Crippen LogP contribution in [0.2, 0.25) is 0 Å². The lowest BCUT2D eigenvalue weighted by Gasteiger charge is -2.15. The van der Waals surface area contributed by atoms with Crippen molar-refractivity contribution in [1.82, 2.24) is 10.3 Å². The summed E-state index contributed by atoms with van der Waals surface area (Å²) in [7, 11) is 1.54. The molecule has 0 aliphatic rings. The first-order valence-corrected chi connectivity index (χ1v) is 8.04. The number of para-hydroxylation sites is 2. The number of hydrogen-bond acceptors (Lipinski definition) is 7. The zero-order valence-corrected chi connectivity index (χ0v) is 13.9. The predicted octanol–water partition coefficient (Wildman–Crippen LogP) is 3.21. The standard InChI is InChI=1S/C16H15N3O4S/c1-10(22-12-7-4-3-6-11(12)21-2)16(20)17-15-14(18-23-19-15)13-8-5-9-24-13/h3-10H,1-2H3,(H,17,19,20). The van der Waals surface area contributed by atoms with Crippen LogP contribution in [0, 0.1) is 0 Å². The summed E-state index contributed by atoms with van der Waals surface area (Å²) in [4.78, 5) is 13.2. The van der Waals surface area contributed by atoms with Crippen molar-refractivity contribution in [2.75, 3.05) is 12.4 Å². The molecule has 0 saturated carbocycles.